The van der Waals surface area contributed by atoms with Gasteiger partial charge in [-0.1, -0.05) is 0 Å². The van der Waals surface area contributed by atoms with E-state index in [4.69, 9.17) is 13.9 Å². The van der Waals surface area contributed by atoms with Gasteiger partial charge in [0.25, 0.3) is 5.91 Å². The summed E-state index contributed by atoms with van der Waals surface area (Å²) in [7, 11) is 3.09. The van der Waals surface area contributed by atoms with E-state index in [0.29, 0.717) is 28.6 Å². The average molecular weight is 402 g/mol. The molecule has 1 N–H and O–H groups in total. The molecule has 6 nitrogen and oxygen atoms in total. The molecule has 0 bridgehead atoms. The van der Waals surface area contributed by atoms with Crippen molar-refractivity contribution >= 4 is 22.7 Å². The number of anilines is 1. The van der Waals surface area contributed by atoms with Crippen LogP contribution in [0.5, 0.6) is 11.5 Å². The van der Waals surface area contributed by atoms with Crippen molar-refractivity contribution in [1.82, 2.24) is 4.98 Å². The van der Waals surface area contributed by atoms with Gasteiger partial charge in [-0.05, 0) is 79.6 Å². The molecule has 3 aromatic carbocycles. The molecule has 0 aliphatic carbocycles. The van der Waals surface area contributed by atoms with Crippen molar-refractivity contribution in [2.75, 3.05) is 19.5 Å². The van der Waals surface area contributed by atoms with Gasteiger partial charge < -0.3 is 19.2 Å². The Labute approximate surface area is 174 Å². The lowest BCUT2D eigenvalue weighted by molar-refractivity contribution is 0.102. The molecule has 0 unspecified atom stereocenters. The first-order valence-electron chi connectivity index (χ1n) is 9.50. The smallest absolute Gasteiger partial charge is 0.255 e. The van der Waals surface area contributed by atoms with E-state index in [9.17, 15) is 4.79 Å². The number of oxazole rings is 1. The summed E-state index contributed by atoms with van der Waals surface area (Å²) in [4.78, 5) is 17.2. The number of nitrogens with one attached hydrogen (secondary N) is 1. The van der Waals surface area contributed by atoms with Crippen LogP contribution in [0.4, 0.5) is 5.69 Å². The van der Waals surface area contributed by atoms with Crippen LogP contribution in [0, 0.1) is 13.8 Å². The van der Waals surface area contributed by atoms with E-state index in [-0.39, 0.29) is 5.91 Å². The molecule has 30 heavy (non-hydrogen) atoms. The Morgan fingerprint density at radius 2 is 1.60 bits per heavy atom. The summed E-state index contributed by atoms with van der Waals surface area (Å²) in [5, 5.41) is 2.88. The van der Waals surface area contributed by atoms with Crippen LogP contribution in [-0.4, -0.2) is 25.1 Å². The zero-order valence-electron chi connectivity index (χ0n) is 17.3. The van der Waals surface area contributed by atoms with Crippen molar-refractivity contribution in [3.8, 4) is 23.0 Å². The Hall–Kier alpha value is -3.80. The van der Waals surface area contributed by atoms with E-state index >= 15 is 0 Å². The third-order valence-electron chi connectivity index (χ3n) is 5.04. The first kappa shape index (κ1) is 19.5. The molecule has 1 heterocycles. The summed E-state index contributed by atoms with van der Waals surface area (Å²) in [6.45, 7) is 4.10. The number of hydrogen-bond acceptors (Lipinski definition) is 5. The van der Waals surface area contributed by atoms with Gasteiger partial charge in [-0.3, -0.25) is 4.79 Å². The first-order valence-corrected chi connectivity index (χ1v) is 9.50. The first-order chi connectivity index (χ1) is 14.5. The Bertz CT molecular complexity index is 1190. The normalized spacial score (nSPS) is 10.8. The second kappa shape index (κ2) is 7.91. The van der Waals surface area contributed by atoms with Gasteiger partial charge in [0.1, 0.15) is 5.52 Å². The molecule has 1 amide bonds. The zero-order valence-corrected chi connectivity index (χ0v) is 17.3. The van der Waals surface area contributed by atoms with Gasteiger partial charge in [-0.15, -0.1) is 0 Å². The van der Waals surface area contributed by atoms with E-state index in [2.05, 4.69) is 17.2 Å². The van der Waals surface area contributed by atoms with E-state index in [1.807, 2.05) is 43.3 Å². The van der Waals surface area contributed by atoms with Crippen molar-refractivity contribution in [3.05, 3.63) is 71.3 Å². The number of fused-ring (bicyclic) bond motifs is 1. The van der Waals surface area contributed by atoms with Gasteiger partial charge in [0.05, 0.1) is 14.2 Å². The van der Waals surface area contributed by atoms with E-state index < -0.39 is 0 Å². The number of hydrogen-bond donors (Lipinski definition) is 1. The van der Waals surface area contributed by atoms with Crippen LogP contribution in [-0.2, 0) is 0 Å². The summed E-state index contributed by atoms with van der Waals surface area (Å²) >= 11 is 0. The number of ether oxygens (including phenoxy) is 2. The zero-order chi connectivity index (χ0) is 21.3. The standard InChI is InChI=1S/C24H22N2O4/c1-14-11-19-21(12-15(14)2)30-24(26-19)16-5-8-18(9-6-16)25-23(27)17-7-10-20(28-3)22(13-17)29-4/h5-13H,1-4H3,(H,25,27). The number of nitrogens with zero attached hydrogens (tertiary/aromatic N) is 1. The van der Waals surface area contributed by atoms with Crippen LogP contribution in [0.1, 0.15) is 21.5 Å². The summed E-state index contributed by atoms with van der Waals surface area (Å²) < 4.78 is 16.4. The highest BCUT2D eigenvalue weighted by Crippen LogP contribution is 2.29. The lowest BCUT2D eigenvalue weighted by atomic mass is 10.1. The molecule has 0 atom stereocenters. The molecular weight excluding hydrogens is 380 g/mol. The van der Waals surface area contributed by atoms with Crippen LogP contribution in [0.25, 0.3) is 22.6 Å². The number of carbonyl (C=O) groups excluding carboxylic acids is 1. The Kier molecular flexibility index (Phi) is 5.14. The Morgan fingerprint density at radius 1 is 0.900 bits per heavy atom. The average Bonchev–Trinajstić information content (AvgIpc) is 3.16. The second-order valence-corrected chi connectivity index (χ2v) is 7.02. The highest BCUT2D eigenvalue weighted by molar-refractivity contribution is 6.04. The van der Waals surface area contributed by atoms with Gasteiger partial charge >= 0.3 is 0 Å². The third-order valence-corrected chi connectivity index (χ3v) is 5.04. The molecule has 0 saturated heterocycles. The summed E-state index contributed by atoms with van der Waals surface area (Å²) in [6, 6.07) is 16.4. The van der Waals surface area contributed by atoms with Crippen LogP contribution in [0.3, 0.4) is 0 Å². The van der Waals surface area contributed by atoms with Gasteiger partial charge in [-0.25, -0.2) is 4.98 Å². The van der Waals surface area contributed by atoms with E-state index in [1.165, 1.54) is 18.2 Å². The minimum atomic E-state index is -0.239. The molecule has 152 valence electrons. The maximum Gasteiger partial charge on any atom is 0.255 e. The van der Waals surface area contributed by atoms with Gasteiger partial charge in [0, 0.05) is 16.8 Å². The van der Waals surface area contributed by atoms with Crippen LogP contribution >= 0.6 is 0 Å². The van der Waals surface area contributed by atoms with E-state index in [0.717, 1.165) is 16.7 Å². The fourth-order valence-corrected chi connectivity index (χ4v) is 3.18. The highest BCUT2D eigenvalue weighted by atomic mass is 16.5. The fourth-order valence-electron chi connectivity index (χ4n) is 3.18. The topological polar surface area (TPSA) is 73.6 Å². The number of aromatic nitrogens is 1. The van der Waals surface area contributed by atoms with E-state index in [1.54, 1.807) is 25.3 Å². The van der Waals surface area contributed by atoms with Crippen molar-refractivity contribution < 1.29 is 18.7 Å². The number of benzene rings is 3. The number of aryl methyl sites for hydroxylation is 2. The lowest BCUT2D eigenvalue weighted by Crippen LogP contribution is -2.12. The largest absolute Gasteiger partial charge is 0.493 e. The molecule has 6 heteroatoms. The van der Waals surface area contributed by atoms with Crippen LogP contribution in [0.15, 0.2) is 59.0 Å². The van der Waals surface area contributed by atoms with Gasteiger partial charge in [-0.2, -0.15) is 0 Å². The Morgan fingerprint density at radius 3 is 2.30 bits per heavy atom. The van der Waals surface area contributed by atoms with Crippen molar-refractivity contribution in [1.29, 1.82) is 0 Å². The molecule has 0 aliphatic rings. The number of methoxy groups -OCH3 is 2. The fraction of sp³-hybridized carbons (Fsp3) is 0.167. The minimum absolute atomic E-state index is 0.239. The molecule has 0 radical (unpaired) electrons. The lowest BCUT2D eigenvalue weighted by Gasteiger charge is -2.10. The maximum atomic E-state index is 12.6. The third kappa shape index (κ3) is 3.72. The van der Waals surface area contributed by atoms with Crippen LogP contribution in [0.2, 0.25) is 0 Å². The van der Waals surface area contributed by atoms with Crippen LogP contribution < -0.4 is 14.8 Å². The number of rotatable bonds is 5. The molecule has 4 rings (SSSR count). The highest BCUT2D eigenvalue weighted by Gasteiger charge is 2.13. The minimum Gasteiger partial charge on any atom is -0.493 e. The Balaban J connectivity index is 1.53. The molecule has 0 aliphatic heterocycles. The molecule has 0 fully saturated rings. The predicted octanol–water partition coefficient (Wildman–Crippen LogP) is 5.38. The molecular formula is C24H22N2O4. The predicted molar refractivity (Wildman–Crippen MR) is 116 cm³/mol. The monoisotopic (exact) mass is 402 g/mol. The molecule has 1 aromatic heterocycles. The molecule has 4 aromatic rings. The second-order valence-electron chi connectivity index (χ2n) is 7.02. The summed E-state index contributed by atoms with van der Waals surface area (Å²) in [6.07, 6.45) is 0. The number of carbonyl (C=O) groups is 1. The van der Waals surface area contributed by atoms with Crippen molar-refractivity contribution in [2.24, 2.45) is 0 Å². The molecule has 0 saturated carbocycles. The van der Waals surface area contributed by atoms with Crippen molar-refractivity contribution in [2.45, 2.75) is 13.8 Å². The number of amides is 1. The molecule has 0 spiro atoms. The van der Waals surface area contributed by atoms with Gasteiger partial charge in [0.15, 0.2) is 17.1 Å². The quantitative estimate of drug-likeness (QED) is 0.485. The summed E-state index contributed by atoms with van der Waals surface area (Å²) in [5.74, 6) is 1.38. The summed E-state index contributed by atoms with van der Waals surface area (Å²) in [5.41, 5.74) is 5.92. The van der Waals surface area contributed by atoms with Gasteiger partial charge in [0.2, 0.25) is 5.89 Å². The van der Waals surface area contributed by atoms with Crippen molar-refractivity contribution in [3.63, 3.8) is 0 Å². The maximum absolute atomic E-state index is 12.6. The SMILES string of the molecule is COc1ccc(C(=O)Nc2ccc(-c3nc4cc(C)c(C)cc4o3)cc2)cc1OC.